The molecule has 0 unspecified atom stereocenters. The number of benzene rings is 2. The monoisotopic (exact) mass is 425 g/mol. The fraction of sp³-hybridized carbons (Fsp3) is 0.400. The molecular formula is C25H29F2N3O. The SMILES string of the molecule is NC(=O)Cc1cc2ccc(CCF)cc2n1C1CCN(CCc2ccc(F)cc2)CC1. The van der Waals surface area contributed by atoms with E-state index in [2.05, 4.69) is 15.5 Å². The van der Waals surface area contributed by atoms with Gasteiger partial charge < -0.3 is 15.2 Å². The van der Waals surface area contributed by atoms with E-state index < -0.39 is 0 Å². The summed E-state index contributed by atoms with van der Waals surface area (Å²) in [6.07, 6.45) is 3.46. The maximum absolute atomic E-state index is 13.1. The van der Waals surface area contributed by atoms with Gasteiger partial charge in [0.15, 0.2) is 0 Å². The fourth-order valence-corrected chi connectivity index (χ4v) is 4.67. The molecule has 4 nitrogen and oxygen atoms in total. The normalized spacial score (nSPS) is 15.5. The Hall–Kier alpha value is -2.73. The smallest absolute Gasteiger partial charge is 0.223 e. The Labute approximate surface area is 181 Å². The first-order valence-corrected chi connectivity index (χ1v) is 11.0. The maximum Gasteiger partial charge on any atom is 0.223 e. The molecule has 4 rings (SSSR count). The first-order chi connectivity index (χ1) is 15.0. The molecule has 0 radical (unpaired) electrons. The Morgan fingerprint density at radius 2 is 1.71 bits per heavy atom. The standard InChI is InChI=1S/C25H29F2N3O/c26-11-7-19-1-4-20-16-23(17-25(28)31)30(24(20)15-19)22-9-13-29(14-10-22)12-8-18-2-5-21(27)6-3-18/h1-6,15-16,22H,7-14,17H2,(H2,28,31). The van der Waals surface area contributed by atoms with Crippen molar-refractivity contribution in [2.75, 3.05) is 26.3 Å². The lowest BCUT2D eigenvalue weighted by Gasteiger charge is -2.34. The van der Waals surface area contributed by atoms with Crippen LogP contribution in [0.15, 0.2) is 48.5 Å². The minimum Gasteiger partial charge on any atom is -0.369 e. The van der Waals surface area contributed by atoms with E-state index in [0.717, 1.165) is 66.6 Å². The Bertz CT molecular complexity index is 1040. The van der Waals surface area contributed by atoms with Crippen molar-refractivity contribution in [2.45, 2.75) is 38.1 Å². The number of rotatable bonds is 8. The third-order valence-electron chi connectivity index (χ3n) is 6.28. The van der Waals surface area contributed by atoms with Gasteiger partial charge in [0.05, 0.1) is 13.1 Å². The van der Waals surface area contributed by atoms with Gasteiger partial charge in [-0.15, -0.1) is 0 Å². The average molecular weight is 426 g/mol. The van der Waals surface area contributed by atoms with Gasteiger partial charge in [-0.1, -0.05) is 24.3 Å². The molecule has 1 aromatic heterocycles. The van der Waals surface area contributed by atoms with Gasteiger partial charge in [0.25, 0.3) is 0 Å². The van der Waals surface area contributed by atoms with E-state index in [1.54, 1.807) is 0 Å². The average Bonchev–Trinajstić information content (AvgIpc) is 3.10. The van der Waals surface area contributed by atoms with Crippen LogP contribution in [-0.2, 0) is 24.1 Å². The third-order valence-corrected chi connectivity index (χ3v) is 6.28. The number of nitrogens with zero attached hydrogens (tertiary/aromatic N) is 2. The van der Waals surface area contributed by atoms with Crippen molar-refractivity contribution in [1.29, 1.82) is 0 Å². The number of hydrogen-bond acceptors (Lipinski definition) is 2. The number of fused-ring (bicyclic) bond motifs is 1. The van der Waals surface area contributed by atoms with Crippen LogP contribution in [0.3, 0.4) is 0 Å². The molecule has 2 N–H and O–H groups in total. The number of piperidine rings is 1. The van der Waals surface area contributed by atoms with Crippen molar-refractivity contribution in [3.63, 3.8) is 0 Å². The van der Waals surface area contributed by atoms with Gasteiger partial charge in [0, 0.05) is 43.3 Å². The van der Waals surface area contributed by atoms with Crippen molar-refractivity contribution in [3.05, 3.63) is 71.2 Å². The van der Waals surface area contributed by atoms with Gasteiger partial charge in [-0.25, -0.2) is 4.39 Å². The van der Waals surface area contributed by atoms with Crippen LogP contribution in [0.2, 0.25) is 0 Å². The predicted molar refractivity (Wildman–Crippen MR) is 119 cm³/mol. The summed E-state index contributed by atoms with van der Waals surface area (Å²) >= 11 is 0. The fourth-order valence-electron chi connectivity index (χ4n) is 4.67. The number of likely N-dealkylation sites (tertiary alicyclic amines) is 1. The molecule has 2 aromatic carbocycles. The molecule has 3 aromatic rings. The molecular weight excluding hydrogens is 396 g/mol. The number of alkyl halides is 1. The van der Waals surface area contributed by atoms with Crippen molar-refractivity contribution in [1.82, 2.24) is 9.47 Å². The molecule has 0 spiro atoms. The molecule has 1 amide bonds. The number of carbonyl (C=O) groups is 1. The highest BCUT2D eigenvalue weighted by Gasteiger charge is 2.24. The second kappa shape index (κ2) is 9.60. The number of hydrogen-bond donors (Lipinski definition) is 1. The Morgan fingerprint density at radius 3 is 2.39 bits per heavy atom. The van der Waals surface area contributed by atoms with Gasteiger partial charge in [-0.05, 0) is 60.0 Å². The van der Waals surface area contributed by atoms with Crippen LogP contribution >= 0.6 is 0 Å². The topological polar surface area (TPSA) is 51.3 Å². The van der Waals surface area contributed by atoms with Gasteiger partial charge in [-0.3, -0.25) is 9.18 Å². The van der Waals surface area contributed by atoms with Gasteiger partial charge in [0.1, 0.15) is 5.82 Å². The molecule has 0 atom stereocenters. The van der Waals surface area contributed by atoms with E-state index in [-0.39, 0.29) is 30.9 Å². The van der Waals surface area contributed by atoms with Crippen LogP contribution in [0.1, 0.15) is 35.7 Å². The number of halogens is 2. The van der Waals surface area contributed by atoms with Crippen molar-refractivity contribution >= 4 is 16.8 Å². The van der Waals surface area contributed by atoms with Gasteiger partial charge in [0.2, 0.25) is 5.91 Å². The van der Waals surface area contributed by atoms with E-state index in [4.69, 9.17) is 5.73 Å². The second-order valence-corrected chi connectivity index (χ2v) is 8.43. The molecule has 31 heavy (non-hydrogen) atoms. The number of nitrogens with two attached hydrogens (primary N) is 1. The minimum atomic E-state index is -0.382. The summed E-state index contributed by atoms with van der Waals surface area (Å²) in [5, 5.41) is 1.07. The largest absolute Gasteiger partial charge is 0.369 e. The summed E-state index contributed by atoms with van der Waals surface area (Å²) in [6.45, 7) is 2.49. The zero-order valence-electron chi connectivity index (χ0n) is 17.7. The predicted octanol–water partition coefficient (Wildman–Crippen LogP) is 4.20. The van der Waals surface area contributed by atoms with E-state index in [1.807, 2.05) is 30.3 Å². The van der Waals surface area contributed by atoms with Crippen LogP contribution in [0.5, 0.6) is 0 Å². The molecule has 0 saturated carbocycles. The van der Waals surface area contributed by atoms with Crippen LogP contribution in [-0.4, -0.2) is 41.7 Å². The minimum absolute atomic E-state index is 0.204. The van der Waals surface area contributed by atoms with Crippen molar-refractivity contribution in [2.24, 2.45) is 5.73 Å². The van der Waals surface area contributed by atoms with Crippen LogP contribution < -0.4 is 5.73 Å². The van der Waals surface area contributed by atoms with Crippen LogP contribution in [0.4, 0.5) is 8.78 Å². The van der Waals surface area contributed by atoms with Crippen LogP contribution in [0.25, 0.3) is 10.9 Å². The zero-order valence-corrected chi connectivity index (χ0v) is 17.7. The highest BCUT2D eigenvalue weighted by atomic mass is 19.1. The maximum atomic E-state index is 13.1. The highest BCUT2D eigenvalue weighted by Crippen LogP contribution is 2.31. The lowest BCUT2D eigenvalue weighted by molar-refractivity contribution is -0.117. The summed E-state index contributed by atoms with van der Waals surface area (Å²) in [4.78, 5) is 14.1. The number of aryl methyl sites for hydroxylation is 1. The first-order valence-electron chi connectivity index (χ1n) is 11.0. The number of carbonyl (C=O) groups excluding carboxylic acids is 1. The molecule has 1 aliphatic heterocycles. The van der Waals surface area contributed by atoms with E-state index in [1.165, 1.54) is 12.1 Å². The van der Waals surface area contributed by atoms with E-state index >= 15 is 0 Å². The Morgan fingerprint density at radius 1 is 1.00 bits per heavy atom. The molecule has 1 fully saturated rings. The summed E-state index contributed by atoms with van der Waals surface area (Å²) in [6, 6.07) is 15.1. The van der Waals surface area contributed by atoms with E-state index in [9.17, 15) is 13.6 Å². The third kappa shape index (κ3) is 5.13. The summed E-state index contributed by atoms with van der Waals surface area (Å²) in [5.41, 5.74) is 9.62. The van der Waals surface area contributed by atoms with Crippen molar-refractivity contribution in [3.8, 4) is 0 Å². The highest BCUT2D eigenvalue weighted by molar-refractivity contribution is 5.85. The molecule has 1 saturated heterocycles. The van der Waals surface area contributed by atoms with Crippen LogP contribution in [0, 0.1) is 5.82 Å². The zero-order chi connectivity index (χ0) is 21.8. The Balaban J connectivity index is 1.48. The molecule has 6 heteroatoms. The number of aromatic nitrogens is 1. The molecule has 0 aliphatic carbocycles. The van der Waals surface area contributed by atoms with Gasteiger partial charge in [-0.2, -0.15) is 0 Å². The second-order valence-electron chi connectivity index (χ2n) is 8.43. The lowest BCUT2D eigenvalue weighted by Crippen LogP contribution is -2.36. The lowest BCUT2D eigenvalue weighted by atomic mass is 10.0. The number of amides is 1. The molecule has 0 bridgehead atoms. The molecule has 164 valence electrons. The Kier molecular flexibility index (Phi) is 6.66. The summed E-state index contributed by atoms with van der Waals surface area (Å²) < 4.78 is 28.2. The van der Waals surface area contributed by atoms with Gasteiger partial charge >= 0.3 is 0 Å². The molecule has 2 heterocycles. The van der Waals surface area contributed by atoms with E-state index in [0.29, 0.717) is 6.42 Å². The summed E-state index contributed by atoms with van der Waals surface area (Å²) in [5.74, 6) is -0.547. The van der Waals surface area contributed by atoms with Crippen molar-refractivity contribution < 1.29 is 13.6 Å². The summed E-state index contributed by atoms with van der Waals surface area (Å²) in [7, 11) is 0. The molecule has 1 aliphatic rings. The first kappa shape index (κ1) is 21.5. The quantitative estimate of drug-likeness (QED) is 0.588. The number of primary amides is 1.